The Morgan fingerprint density at radius 1 is 1.19 bits per heavy atom. The third-order valence-electron chi connectivity index (χ3n) is 4.32. The standard InChI is InChI=1S/C21H19N3O2S/c1-13-6-8-16(9-7-13)24-20(26)18(11-15-5-3-4-14(2)10-15)27-21(24)17(12-22)19(23)25/h3-10,18H,11H2,1-2H3,(H2,23,25)/b21-17+/t18-/m1/s1. The second-order valence-corrected chi connectivity index (χ2v) is 7.66. The van der Waals surface area contributed by atoms with Crippen LogP contribution in [0.4, 0.5) is 5.69 Å². The Kier molecular flexibility index (Phi) is 5.33. The molecule has 136 valence electrons. The molecular formula is C21H19N3O2S. The molecule has 6 heteroatoms. The summed E-state index contributed by atoms with van der Waals surface area (Å²) in [4.78, 5) is 26.3. The molecule has 2 N–H and O–H groups in total. The number of amides is 2. The van der Waals surface area contributed by atoms with Gasteiger partial charge in [0.15, 0.2) is 0 Å². The zero-order chi connectivity index (χ0) is 19.6. The zero-order valence-corrected chi connectivity index (χ0v) is 15.9. The summed E-state index contributed by atoms with van der Waals surface area (Å²) in [6.45, 7) is 3.95. The van der Waals surface area contributed by atoms with Crippen LogP contribution in [0, 0.1) is 25.2 Å². The van der Waals surface area contributed by atoms with Gasteiger partial charge in [-0.25, -0.2) is 0 Å². The second kappa shape index (κ2) is 7.68. The number of primary amides is 1. The summed E-state index contributed by atoms with van der Waals surface area (Å²) in [5.74, 6) is -0.990. The van der Waals surface area contributed by atoms with Crippen LogP contribution in [0.1, 0.15) is 16.7 Å². The van der Waals surface area contributed by atoms with Crippen LogP contribution < -0.4 is 10.6 Å². The molecule has 27 heavy (non-hydrogen) atoms. The summed E-state index contributed by atoms with van der Waals surface area (Å²) < 4.78 is 0. The first-order valence-corrected chi connectivity index (χ1v) is 9.35. The van der Waals surface area contributed by atoms with Crippen molar-refractivity contribution in [1.29, 1.82) is 5.26 Å². The Morgan fingerprint density at radius 3 is 2.48 bits per heavy atom. The lowest BCUT2D eigenvalue weighted by molar-refractivity contribution is -0.117. The fourth-order valence-corrected chi connectivity index (χ4v) is 4.30. The highest BCUT2D eigenvalue weighted by Crippen LogP contribution is 2.41. The lowest BCUT2D eigenvalue weighted by atomic mass is 10.1. The molecule has 0 unspecified atom stereocenters. The van der Waals surface area contributed by atoms with Crippen molar-refractivity contribution in [1.82, 2.24) is 0 Å². The van der Waals surface area contributed by atoms with Crippen LogP contribution in [0.15, 0.2) is 59.1 Å². The van der Waals surface area contributed by atoms with Gasteiger partial charge in [0.1, 0.15) is 16.7 Å². The molecule has 1 aliphatic heterocycles. The minimum atomic E-state index is -0.832. The molecule has 0 aliphatic carbocycles. The van der Waals surface area contributed by atoms with Crippen molar-refractivity contribution >= 4 is 29.3 Å². The van der Waals surface area contributed by atoms with Crippen molar-refractivity contribution in [3.8, 4) is 6.07 Å². The summed E-state index contributed by atoms with van der Waals surface area (Å²) >= 11 is 1.22. The summed E-state index contributed by atoms with van der Waals surface area (Å²) in [6, 6.07) is 17.2. The number of aryl methyl sites for hydroxylation is 2. The van der Waals surface area contributed by atoms with E-state index < -0.39 is 11.2 Å². The number of hydrogen-bond donors (Lipinski definition) is 1. The monoisotopic (exact) mass is 377 g/mol. The molecule has 2 amide bonds. The third kappa shape index (κ3) is 3.88. The number of carbonyl (C=O) groups excluding carboxylic acids is 2. The molecule has 5 nitrogen and oxygen atoms in total. The Morgan fingerprint density at radius 2 is 1.89 bits per heavy atom. The highest BCUT2D eigenvalue weighted by atomic mass is 32.2. The van der Waals surface area contributed by atoms with Crippen LogP contribution in [0.25, 0.3) is 0 Å². The van der Waals surface area contributed by atoms with Crippen molar-refractivity contribution in [2.45, 2.75) is 25.5 Å². The van der Waals surface area contributed by atoms with Crippen LogP contribution in [-0.2, 0) is 16.0 Å². The van der Waals surface area contributed by atoms with E-state index in [4.69, 9.17) is 5.73 Å². The van der Waals surface area contributed by atoms with Crippen LogP contribution in [-0.4, -0.2) is 17.1 Å². The lowest BCUT2D eigenvalue weighted by Gasteiger charge is -2.18. The third-order valence-corrected chi connectivity index (χ3v) is 5.58. The molecule has 1 fully saturated rings. The maximum atomic E-state index is 13.1. The summed E-state index contributed by atoms with van der Waals surface area (Å²) in [5.41, 5.74) is 9.01. The van der Waals surface area contributed by atoms with E-state index in [-0.39, 0.29) is 11.5 Å². The Labute approximate surface area is 162 Å². The number of benzene rings is 2. The fourth-order valence-electron chi connectivity index (χ4n) is 2.98. The summed E-state index contributed by atoms with van der Waals surface area (Å²) in [7, 11) is 0. The highest BCUT2D eigenvalue weighted by Gasteiger charge is 2.40. The van der Waals surface area contributed by atoms with Gasteiger partial charge in [0.05, 0.1) is 5.25 Å². The number of anilines is 1. The van der Waals surface area contributed by atoms with E-state index in [1.807, 2.05) is 56.3 Å². The van der Waals surface area contributed by atoms with Gasteiger partial charge in [0.2, 0.25) is 5.91 Å². The van der Waals surface area contributed by atoms with E-state index in [1.54, 1.807) is 12.1 Å². The molecule has 0 saturated carbocycles. The van der Waals surface area contributed by atoms with Gasteiger partial charge in [-0.05, 0) is 38.0 Å². The number of thioether (sulfide) groups is 1. The fraction of sp³-hybridized carbons (Fsp3) is 0.190. The van der Waals surface area contributed by atoms with Gasteiger partial charge in [0, 0.05) is 5.69 Å². The number of carbonyl (C=O) groups is 2. The van der Waals surface area contributed by atoms with Crippen molar-refractivity contribution < 1.29 is 9.59 Å². The quantitative estimate of drug-likeness (QED) is 0.655. The van der Waals surface area contributed by atoms with Gasteiger partial charge in [0.25, 0.3) is 5.91 Å². The van der Waals surface area contributed by atoms with Crippen molar-refractivity contribution in [3.63, 3.8) is 0 Å². The van der Waals surface area contributed by atoms with E-state index in [2.05, 4.69) is 0 Å². The number of hydrogen-bond acceptors (Lipinski definition) is 4. The first kappa shape index (κ1) is 18.7. The van der Waals surface area contributed by atoms with E-state index in [0.29, 0.717) is 17.1 Å². The van der Waals surface area contributed by atoms with E-state index >= 15 is 0 Å². The predicted molar refractivity (Wildman–Crippen MR) is 107 cm³/mol. The maximum absolute atomic E-state index is 13.1. The molecular weight excluding hydrogens is 358 g/mol. The van der Waals surface area contributed by atoms with Gasteiger partial charge in [-0.3, -0.25) is 14.5 Å². The molecule has 1 aliphatic rings. The molecule has 0 aromatic heterocycles. The number of rotatable bonds is 4. The molecule has 0 spiro atoms. The molecule has 2 aromatic rings. The number of nitrogens with zero attached hydrogens (tertiary/aromatic N) is 2. The minimum absolute atomic E-state index is 0.158. The van der Waals surface area contributed by atoms with Crippen LogP contribution in [0.2, 0.25) is 0 Å². The Balaban J connectivity index is 2.03. The molecule has 0 radical (unpaired) electrons. The Bertz CT molecular complexity index is 974. The molecule has 1 heterocycles. The number of nitrogens with two attached hydrogens (primary N) is 1. The SMILES string of the molecule is Cc1ccc(N2C(=O)[C@@H](Cc3cccc(C)c3)S/C2=C(\C#N)C(N)=O)cc1. The van der Waals surface area contributed by atoms with Gasteiger partial charge in [-0.15, -0.1) is 0 Å². The van der Waals surface area contributed by atoms with Crippen LogP contribution >= 0.6 is 11.8 Å². The lowest BCUT2D eigenvalue weighted by Crippen LogP contribution is -2.31. The van der Waals surface area contributed by atoms with E-state index in [1.165, 1.54) is 16.7 Å². The molecule has 1 atom stereocenters. The predicted octanol–water partition coefficient (Wildman–Crippen LogP) is 3.22. The number of nitriles is 1. The molecule has 2 aromatic carbocycles. The molecule has 0 bridgehead atoms. The van der Waals surface area contributed by atoms with E-state index in [0.717, 1.165) is 16.7 Å². The maximum Gasteiger partial charge on any atom is 0.262 e. The largest absolute Gasteiger partial charge is 0.365 e. The van der Waals surface area contributed by atoms with Crippen LogP contribution in [0.5, 0.6) is 0 Å². The second-order valence-electron chi connectivity index (χ2n) is 6.47. The molecule has 3 rings (SSSR count). The molecule has 1 saturated heterocycles. The average molecular weight is 377 g/mol. The van der Waals surface area contributed by atoms with Crippen molar-refractivity contribution in [2.24, 2.45) is 5.73 Å². The highest BCUT2D eigenvalue weighted by molar-refractivity contribution is 8.05. The smallest absolute Gasteiger partial charge is 0.262 e. The summed E-state index contributed by atoms with van der Waals surface area (Å²) in [5, 5.41) is 9.28. The summed E-state index contributed by atoms with van der Waals surface area (Å²) in [6.07, 6.45) is 0.508. The topological polar surface area (TPSA) is 87.2 Å². The minimum Gasteiger partial charge on any atom is -0.365 e. The normalized spacial score (nSPS) is 18.3. The van der Waals surface area contributed by atoms with Crippen molar-refractivity contribution in [3.05, 3.63) is 75.8 Å². The van der Waals surface area contributed by atoms with Gasteiger partial charge < -0.3 is 5.73 Å². The average Bonchev–Trinajstić information content (AvgIpc) is 2.92. The van der Waals surface area contributed by atoms with Gasteiger partial charge in [-0.1, -0.05) is 59.3 Å². The van der Waals surface area contributed by atoms with Crippen LogP contribution in [0.3, 0.4) is 0 Å². The van der Waals surface area contributed by atoms with E-state index in [9.17, 15) is 14.9 Å². The Hall–Kier alpha value is -3.04. The zero-order valence-electron chi connectivity index (χ0n) is 15.1. The first-order chi connectivity index (χ1) is 12.9. The van der Waals surface area contributed by atoms with Crippen molar-refractivity contribution in [2.75, 3.05) is 4.90 Å². The van der Waals surface area contributed by atoms with Gasteiger partial charge >= 0.3 is 0 Å². The van der Waals surface area contributed by atoms with Gasteiger partial charge in [-0.2, -0.15) is 5.26 Å². The first-order valence-electron chi connectivity index (χ1n) is 8.47.